The number of halogens is 4. The van der Waals surface area contributed by atoms with Crippen LogP contribution in [0.3, 0.4) is 0 Å². The predicted molar refractivity (Wildman–Crippen MR) is 87.8 cm³/mol. The first-order valence-corrected chi connectivity index (χ1v) is 7.52. The van der Waals surface area contributed by atoms with Crippen LogP contribution in [-0.4, -0.2) is 30.3 Å². The standard InChI is InChI=1S/C17H13ClF3NO4/c1-26-15(24)16(25,17(19,20)21)11-4-8-13(9-5-11)22-14(23)10-2-6-12(18)7-3-10/h2-9,25H,1H3,(H,22,23)/t16-/m0/s1. The van der Waals surface area contributed by atoms with E-state index in [0.29, 0.717) is 10.6 Å². The Hall–Kier alpha value is -2.58. The van der Waals surface area contributed by atoms with Crippen LogP contribution in [0.4, 0.5) is 18.9 Å². The molecule has 2 aromatic rings. The number of methoxy groups -OCH3 is 1. The van der Waals surface area contributed by atoms with E-state index in [0.717, 1.165) is 31.4 Å². The van der Waals surface area contributed by atoms with Gasteiger partial charge >= 0.3 is 12.1 Å². The first-order valence-electron chi connectivity index (χ1n) is 7.14. The van der Waals surface area contributed by atoms with Crippen LogP contribution >= 0.6 is 11.6 Å². The lowest BCUT2D eigenvalue weighted by atomic mass is 9.93. The van der Waals surface area contributed by atoms with Crippen LogP contribution in [0.1, 0.15) is 15.9 Å². The van der Waals surface area contributed by atoms with E-state index in [4.69, 9.17) is 11.6 Å². The maximum Gasteiger partial charge on any atom is 0.432 e. The number of rotatable bonds is 4. The highest BCUT2D eigenvalue weighted by Gasteiger charge is 2.62. The largest absolute Gasteiger partial charge is 0.466 e. The summed E-state index contributed by atoms with van der Waals surface area (Å²) in [5.74, 6) is -2.36. The first kappa shape index (κ1) is 19.7. The van der Waals surface area contributed by atoms with Gasteiger partial charge < -0.3 is 15.2 Å². The molecule has 2 aromatic carbocycles. The lowest BCUT2D eigenvalue weighted by molar-refractivity contribution is -0.266. The molecule has 2 N–H and O–H groups in total. The molecule has 9 heteroatoms. The van der Waals surface area contributed by atoms with Crippen molar-refractivity contribution in [2.24, 2.45) is 0 Å². The summed E-state index contributed by atoms with van der Waals surface area (Å²) in [4.78, 5) is 23.5. The summed E-state index contributed by atoms with van der Waals surface area (Å²) in [6.45, 7) is 0. The van der Waals surface area contributed by atoms with E-state index in [1.54, 1.807) is 0 Å². The molecule has 0 aliphatic rings. The zero-order valence-electron chi connectivity index (χ0n) is 13.3. The Balaban J connectivity index is 2.25. The van der Waals surface area contributed by atoms with Crippen molar-refractivity contribution in [3.63, 3.8) is 0 Å². The van der Waals surface area contributed by atoms with E-state index in [1.807, 2.05) is 0 Å². The molecule has 0 heterocycles. The molecule has 2 rings (SSSR count). The number of esters is 1. The summed E-state index contributed by atoms with van der Waals surface area (Å²) >= 11 is 5.73. The summed E-state index contributed by atoms with van der Waals surface area (Å²) < 4.78 is 43.6. The Morgan fingerprint density at radius 2 is 1.58 bits per heavy atom. The van der Waals surface area contributed by atoms with Gasteiger partial charge in [-0.1, -0.05) is 23.7 Å². The van der Waals surface area contributed by atoms with Gasteiger partial charge in [0.1, 0.15) is 0 Å². The number of aliphatic hydroxyl groups is 1. The number of benzene rings is 2. The number of carbonyl (C=O) groups is 2. The van der Waals surface area contributed by atoms with E-state index in [-0.39, 0.29) is 5.69 Å². The maximum atomic E-state index is 13.2. The topological polar surface area (TPSA) is 75.6 Å². The Morgan fingerprint density at radius 1 is 1.04 bits per heavy atom. The molecule has 5 nitrogen and oxygen atoms in total. The highest BCUT2D eigenvalue weighted by atomic mass is 35.5. The number of anilines is 1. The van der Waals surface area contributed by atoms with Gasteiger partial charge in [0.15, 0.2) is 0 Å². The number of hydrogen-bond donors (Lipinski definition) is 2. The summed E-state index contributed by atoms with van der Waals surface area (Å²) in [6.07, 6.45) is -5.28. The molecule has 0 radical (unpaired) electrons. The normalized spacial score (nSPS) is 13.6. The maximum absolute atomic E-state index is 13.2. The first-order chi connectivity index (χ1) is 12.1. The fourth-order valence-corrected chi connectivity index (χ4v) is 2.27. The van der Waals surface area contributed by atoms with Crippen molar-refractivity contribution in [3.8, 4) is 0 Å². The molecule has 138 valence electrons. The SMILES string of the molecule is COC(=O)[C@@](O)(c1ccc(NC(=O)c2ccc(Cl)cc2)cc1)C(F)(F)F. The molecular formula is C17H13ClF3NO4. The third kappa shape index (κ3) is 3.81. The van der Waals surface area contributed by atoms with Gasteiger partial charge in [0.05, 0.1) is 7.11 Å². The minimum atomic E-state index is -5.28. The van der Waals surface area contributed by atoms with Crippen molar-refractivity contribution in [1.29, 1.82) is 0 Å². The molecular weight excluding hydrogens is 375 g/mol. The summed E-state index contributed by atoms with van der Waals surface area (Å²) in [5.41, 5.74) is -4.08. The number of nitrogens with one attached hydrogen (secondary N) is 1. The van der Waals surface area contributed by atoms with Crippen molar-refractivity contribution in [2.75, 3.05) is 12.4 Å². The van der Waals surface area contributed by atoms with Crippen molar-refractivity contribution in [2.45, 2.75) is 11.8 Å². The third-order valence-corrected chi connectivity index (χ3v) is 3.81. The van der Waals surface area contributed by atoms with E-state index in [2.05, 4.69) is 10.1 Å². The molecule has 0 aliphatic heterocycles. The minimum absolute atomic E-state index is 0.170. The zero-order chi connectivity index (χ0) is 19.5. The van der Waals surface area contributed by atoms with Crippen molar-refractivity contribution >= 4 is 29.2 Å². The Kier molecular flexibility index (Phi) is 5.58. The van der Waals surface area contributed by atoms with Gasteiger partial charge in [-0.3, -0.25) is 4.79 Å². The predicted octanol–water partition coefficient (Wildman–Crippen LogP) is 3.52. The van der Waals surface area contributed by atoms with Gasteiger partial charge in [0, 0.05) is 21.8 Å². The third-order valence-electron chi connectivity index (χ3n) is 3.56. The number of hydrogen-bond acceptors (Lipinski definition) is 4. The fourth-order valence-electron chi connectivity index (χ4n) is 2.14. The van der Waals surface area contributed by atoms with Gasteiger partial charge in [0.2, 0.25) is 0 Å². The van der Waals surface area contributed by atoms with E-state index >= 15 is 0 Å². The van der Waals surface area contributed by atoms with Crippen molar-refractivity contribution in [3.05, 3.63) is 64.7 Å². The second-order valence-electron chi connectivity index (χ2n) is 5.24. The molecule has 0 spiro atoms. The van der Waals surface area contributed by atoms with Crippen LogP contribution in [-0.2, 0) is 15.1 Å². The molecule has 0 saturated carbocycles. The lowest BCUT2D eigenvalue weighted by Gasteiger charge is -2.28. The number of alkyl halides is 3. The molecule has 0 aromatic heterocycles. The van der Waals surface area contributed by atoms with Crippen LogP contribution in [0.15, 0.2) is 48.5 Å². The van der Waals surface area contributed by atoms with Crippen LogP contribution < -0.4 is 5.32 Å². The van der Waals surface area contributed by atoms with Crippen LogP contribution in [0.2, 0.25) is 5.02 Å². The second kappa shape index (κ2) is 7.35. The molecule has 0 bridgehead atoms. The van der Waals surface area contributed by atoms with E-state index in [1.165, 1.54) is 24.3 Å². The van der Waals surface area contributed by atoms with Crippen molar-refractivity contribution < 1.29 is 32.6 Å². The Morgan fingerprint density at radius 3 is 2.04 bits per heavy atom. The molecule has 26 heavy (non-hydrogen) atoms. The lowest BCUT2D eigenvalue weighted by Crippen LogP contribution is -2.49. The van der Waals surface area contributed by atoms with Crippen LogP contribution in [0.25, 0.3) is 0 Å². The van der Waals surface area contributed by atoms with Gasteiger partial charge in [-0.05, 0) is 36.4 Å². The fraction of sp³-hybridized carbons (Fsp3) is 0.176. The minimum Gasteiger partial charge on any atom is -0.466 e. The number of amides is 1. The van der Waals surface area contributed by atoms with Crippen LogP contribution in [0, 0.1) is 0 Å². The summed E-state index contributed by atoms with van der Waals surface area (Å²) in [6, 6.07) is 9.99. The Bertz CT molecular complexity index is 806. The molecule has 0 unspecified atom stereocenters. The summed E-state index contributed by atoms with van der Waals surface area (Å²) in [7, 11) is 0.736. The highest BCUT2D eigenvalue weighted by molar-refractivity contribution is 6.30. The quantitative estimate of drug-likeness (QED) is 0.787. The smallest absolute Gasteiger partial charge is 0.432 e. The second-order valence-corrected chi connectivity index (χ2v) is 5.67. The zero-order valence-corrected chi connectivity index (χ0v) is 14.1. The monoisotopic (exact) mass is 387 g/mol. The van der Waals surface area contributed by atoms with Gasteiger partial charge in [-0.2, -0.15) is 13.2 Å². The molecule has 0 fully saturated rings. The van der Waals surface area contributed by atoms with Crippen LogP contribution in [0.5, 0.6) is 0 Å². The molecule has 0 aliphatic carbocycles. The van der Waals surface area contributed by atoms with Gasteiger partial charge in [0.25, 0.3) is 11.5 Å². The van der Waals surface area contributed by atoms with Crippen molar-refractivity contribution in [1.82, 2.24) is 0 Å². The summed E-state index contributed by atoms with van der Waals surface area (Å²) in [5, 5.41) is 12.8. The van der Waals surface area contributed by atoms with Gasteiger partial charge in [-0.15, -0.1) is 0 Å². The molecule has 0 saturated heterocycles. The average Bonchev–Trinajstić information content (AvgIpc) is 2.60. The average molecular weight is 388 g/mol. The van der Waals surface area contributed by atoms with E-state index < -0.39 is 29.2 Å². The number of carbonyl (C=O) groups excluding carboxylic acids is 2. The van der Waals surface area contributed by atoms with E-state index in [9.17, 15) is 27.9 Å². The highest BCUT2D eigenvalue weighted by Crippen LogP contribution is 2.40. The molecule has 1 amide bonds. The van der Waals surface area contributed by atoms with Gasteiger partial charge in [-0.25, -0.2) is 4.79 Å². The molecule has 1 atom stereocenters. The Labute approximate surface area is 151 Å². The number of ether oxygens (including phenoxy) is 1.